The summed E-state index contributed by atoms with van der Waals surface area (Å²) in [6.45, 7) is 10.0. The molecule has 0 spiro atoms. The minimum absolute atomic E-state index is 0.0862. The summed E-state index contributed by atoms with van der Waals surface area (Å²) in [5, 5.41) is 6.09. The van der Waals surface area contributed by atoms with Gasteiger partial charge in [-0.3, -0.25) is 4.79 Å². The molecular weight excluding hydrogens is 164 g/mol. The molecule has 2 N–H and O–H groups in total. The van der Waals surface area contributed by atoms with Crippen molar-refractivity contribution in [2.45, 2.75) is 59.2 Å². The molecule has 0 aromatic heterocycles. The van der Waals surface area contributed by atoms with Crippen LogP contribution in [0.3, 0.4) is 0 Å². The average Bonchev–Trinajstić information content (AvgIpc) is 2.02. The zero-order chi connectivity index (χ0) is 10.4. The lowest BCUT2D eigenvalue weighted by Gasteiger charge is -2.19. The van der Waals surface area contributed by atoms with E-state index in [0.717, 1.165) is 6.42 Å². The van der Waals surface area contributed by atoms with Crippen LogP contribution in [0.5, 0.6) is 0 Å². The van der Waals surface area contributed by atoms with Gasteiger partial charge in [0.25, 0.3) is 0 Å². The second-order valence-electron chi connectivity index (χ2n) is 3.86. The highest BCUT2D eigenvalue weighted by Crippen LogP contribution is 1.91. The molecule has 3 heteroatoms. The lowest BCUT2D eigenvalue weighted by molar-refractivity contribution is -0.123. The van der Waals surface area contributed by atoms with Gasteiger partial charge in [-0.2, -0.15) is 0 Å². The fourth-order valence-corrected chi connectivity index (χ4v) is 1.05. The molecule has 0 radical (unpaired) electrons. The van der Waals surface area contributed by atoms with E-state index in [1.54, 1.807) is 0 Å². The van der Waals surface area contributed by atoms with Crippen molar-refractivity contribution < 1.29 is 4.79 Å². The molecule has 0 aliphatic heterocycles. The molecule has 0 aromatic rings. The van der Waals surface area contributed by atoms with Gasteiger partial charge >= 0.3 is 0 Å². The number of rotatable bonds is 5. The van der Waals surface area contributed by atoms with Gasteiger partial charge in [0.05, 0.1) is 6.04 Å². The summed E-state index contributed by atoms with van der Waals surface area (Å²) in [4.78, 5) is 11.5. The van der Waals surface area contributed by atoms with Crippen LogP contribution in [-0.4, -0.2) is 24.0 Å². The van der Waals surface area contributed by atoms with Gasteiger partial charge < -0.3 is 10.6 Å². The number of nitrogens with one attached hydrogen (secondary N) is 2. The highest BCUT2D eigenvalue weighted by atomic mass is 16.2. The number of carbonyl (C=O) groups excluding carboxylic acids is 1. The van der Waals surface area contributed by atoms with Crippen molar-refractivity contribution in [2.24, 2.45) is 0 Å². The van der Waals surface area contributed by atoms with Crippen LogP contribution in [-0.2, 0) is 4.79 Å². The number of hydrogen-bond donors (Lipinski definition) is 2. The molecule has 0 bridgehead atoms. The van der Waals surface area contributed by atoms with Crippen molar-refractivity contribution >= 4 is 5.91 Å². The molecule has 3 nitrogen and oxygen atoms in total. The highest BCUT2D eigenvalue weighted by molar-refractivity contribution is 5.81. The predicted octanol–water partition coefficient (Wildman–Crippen LogP) is 1.29. The van der Waals surface area contributed by atoms with Crippen molar-refractivity contribution in [3.63, 3.8) is 0 Å². The Labute approximate surface area is 81.3 Å². The molecule has 0 aliphatic carbocycles. The molecule has 0 saturated heterocycles. The van der Waals surface area contributed by atoms with Crippen LogP contribution in [0.25, 0.3) is 0 Å². The smallest absolute Gasteiger partial charge is 0.237 e. The van der Waals surface area contributed by atoms with Gasteiger partial charge in [-0.05, 0) is 20.3 Å². The molecule has 0 saturated carbocycles. The van der Waals surface area contributed by atoms with Crippen molar-refractivity contribution in [1.29, 1.82) is 0 Å². The molecule has 0 rings (SSSR count). The minimum Gasteiger partial charge on any atom is -0.352 e. The first-order valence-corrected chi connectivity index (χ1v) is 5.03. The zero-order valence-corrected chi connectivity index (χ0v) is 9.35. The lowest BCUT2D eigenvalue weighted by Crippen LogP contribution is -2.47. The molecule has 2 unspecified atom stereocenters. The van der Waals surface area contributed by atoms with Crippen LogP contribution in [0, 0.1) is 0 Å². The predicted molar refractivity (Wildman–Crippen MR) is 55.6 cm³/mol. The Balaban J connectivity index is 3.82. The van der Waals surface area contributed by atoms with Gasteiger partial charge in [-0.15, -0.1) is 0 Å². The summed E-state index contributed by atoms with van der Waals surface area (Å²) in [7, 11) is 0. The van der Waals surface area contributed by atoms with Crippen LogP contribution >= 0.6 is 0 Å². The van der Waals surface area contributed by atoms with E-state index in [-0.39, 0.29) is 18.0 Å². The van der Waals surface area contributed by atoms with Gasteiger partial charge in [0.1, 0.15) is 0 Å². The third-order valence-electron chi connectivity index (χ3n) is 1.98. The van der Waals surface area contributed by atoms with Crippen LogP contribution in [0.15, 0.2) is 0 Å². The SMILES string of the molecule is CCC(C)NC(=O)C(C)NC(C)C. The first-order valence-electron chi connectivity index (χ1n) is 5.03. The van der Waals surface area contributed by atoms with E-state index < -0.39 is 0 Å². The Kier molecular flexibility index (Phi) is 5.71. The maximum Gasteiger partial charge on any atom is 0.237 e. The van der Waals surface area contributed by atoms with Crippen molar-refractivity contribution in [2.75, 3.05) is 0 Å². The van der Waals surface area contributed by atoms with Gasteiger partial charge in [0.2, 0.25) is 5.91 Å². The fraction of sp³-hybridized carbons (Fsp3) is 0.900. The molecule has 0 aliphatic rings. The third-order valence-corrected chi connectivity index (χ3v) is 1.98. The Morgan fingerprint density at radius 1 is 1.23 bits per heavy atom. The van der Waals surface area contributed by atoms with E-state index in [2.05, 4.69) is 17.6 Å². The van der Waals surface area contributed by atoms with Crippen molar-refractivity contribution in [3.05, 3.63) is 0 Å². The van der Waals surface area contributed by atoms with Gasteiger partial charge in [0.15, 0.2) is 0 Å². The molecular formula is C10H22N2O. The molecule has 13 heavy (non-hydrogen) atoms. The van der Waals surface area contributed by atoms with E-state index in [4.69, 9.17) is 0 Å². The third kappa shape index (κ3) is 5.64. The maximum absolute atomic E-state index is 11.5. The van der Waals surface area contributed by atoms with Crippen LogP contribution in [0.2, 0.25) is 0 Å². The quantitative estimate of drug-likeness (QED) is 0.679. The number of carbonyl (C=O) groups is 1. The fourth-order valence-electron chi connectivity index (χ4n) is 1.05. The highest BCUT2D eigenvalue weighted by Gasteiger charge is 2.14. The summed E-state index contributed by atoms with van der Waals surface area (Å²) in [5.74, 6) is 0.0862. The topological polar surface area (TPSA) is 41.1 Å². The number of amides is 1. The molecule has 1 amide bonds. The Morgan fingerprint density at radius 2 is 1.77 bits per heavy atom. The first-order chi connectivity index (χ1) is 5.97. The van der Waals surface area contributed by atoms with Gasteiger partial charge in [0, 0.05) is 12.1 Å². The van der Waals surface area contributed by atoms with E-state index >= 15 is 0 Å². The minimum atomic E-state index is -0.103. The van der Waals surface area contributed by atoms with Crippen molar-refractivity contribution in [1.82, 2.24) is 10.6 Å². The molecule has 0 fully saturated rings. The molecule has 78 valence electrons. The van der Waals surface area contributed by atoms with Crippen LogP contribution in [0.1, 0.15) is 41.0 Å². The Morgan fingerprint density at radius 3 is 2.15 bits per heavy atom. The standard InChI is InChI=1S/C10H22N2O/c1-6-8(4)12-10(13)9(5)11-7(2)3/h7-9,11H,6H2,1-5H3,(H,12,13). The summed E-state index contributed by atoms with van der Waals surface area (Å²) < 4.78 is 0. The Bertz CT molecular complexity index is 157. The first kappa shape index (κ1) is 12.4. The largest absolute Gasteiger partial charge is 0.352 e. The van der Waals surface area contributed by atoms with Crippen LogP contribution in [0.4, 0.5) is 0 Å². The monoisotopic (exact) mass is 186 g/mol. The summed E-state index contributed by atoms with van der Waals surface area (Å²) in [5.41, 5.74) is 0. The van der Waals surface area contributed by atoms with Gasteiger partial charge in [-0.1, -0.05) is 20.8 Å². The van der Waals surface area contributed by atoms with E-state index in [0.29, 0.717) is 6.04 Å². The second kappa shape index (κ2) is 5.97. The van der Waals surface area contributed by atoms with E-state index in [9.17, 15) is 4.79 Å². The summed E-state index contributed by atoms with van der Waals surface area (Å²) >= 11 is 0. The second-order valence-corrected chi connectivity index (χ2v) is 3.86. The van der Waals surface area contributed by atoms with E-state index in [1.807, 2.05) is 27.7 Å². The molecule has 0 aromatic carbocycles. The molecule has 0 heterocycles. The number of hydrogen-bond acceptors (Lipinski definition) is 2. The van der Waals surface area contributed by atoms with Crippen LogP contribution < -0.4 is 10.6 Å². The van der Waals surface area contributed by atoms with Gasteiger partial charge in [-0.25, -0.2) is 0 Å². The Hall–Kier alpha value is -0.570. The van der Waals surface area contributed by atoms with E-state index in [1.165, 1.54) is 0 Å². The summed E-state index contributed by atoms with van der Waals surface area (Å²) in [6, 6.07) is 0.510. The molecule has 2 atom stereocenters. The maximum atomic E-state index is 11.5. The average molecular weight is 186 g/mol. The zero-order valence-electron chi connectivity index (χ0n) is 9.35. The lowest BCUT2D eigenvalue weighted by atomic mass is 10.2. The van der Waals surface area contributed by atoms with Crippen molar-refractivity contribution in [3.8, 4) is 0 Å². The normalized spacial score (nSPS) is 15.5. The summed E-state index contributed by atoms with van der Waals surface area (Å²) in [6.07, 6.45) is 0.972.